The zero-order valence-electron chi connectivity index (χ0n) is 11.2. The molecule has 0 saturated carbocycles. The van der Waals surface area contributed by atoms with Crippen molar-refractivity contribution in [1.29, 1.82) is 0 Å². The van der Waals surface area contributed by atoms with E-state index in [1.54, 1.807) is 6.92 Å². The van der Waals surface area contributed by atoms with E-state index in [1.807, 2.05) is 30.3 Å². The second-order valence-corrected chi connectivity index (χ2v) is 6.06. The van der Waals surface area contributed by atoms with Gasteiger partial charge in [0.1, 0.15) is 0 Å². The quantitative estimate of drug-likeness (QED) is 0.861. The van der Waals surface area contributed by atoms with Gasteiger partial charge in [0.05, 0.1) is 23.7 Å². The predicted octanol–water partition coefficient (Wildman–Crippen LogP) is 1.04. The van der Waals surface area contributed by atoms with Crippen LogP contribution in [-0.2, 0) is 14.8 Å². The van der Waals surface area contributed by atoms with E-state index in [4.69, 9.17) is 4.74 Å². The van der Waals surface area contributed by atoms with Gasteiger partial charge in [0.2, 0.25) is 10.0 Å². The van der Waals surface area contributed by atoms with Gasteiger partial charge < -0.3 is 4.74 Å². The monoisotopic (exact) mass is 296 g/mol. The molecule has 1 aromatic heterocycles. The molecule has 0 bridgehead atoms. The van der Waals surface area contributed by atoms with Crippen molar-refractivity contribution in [2.24, 2.45) is 0 Å². The van der Waals surface area contributed by atoms with Crippen LogP contribution in [0.4, 0.5) is 5.82 Å². The molecule has 108 valence electrons. The van der Waals surface area contributed by atoms with Crippen LogP contribution in [0, 0.1) is 0 Å². The Morgan fingerprint density at radius 3 is 2.70 bits per heavy atom. The number of hydrogen-bond donors (Lipinski definition) is 1. The first-order valence-electron chi connectivity index (χ1n) is 6.01. The first-order valence-corrected chi connectivity index (χ1v) is 7.66. The number of rotatable bonds is 6. The Labute approximate surface area is 117 Å². The van der Waals surface area contributed by atoms with Gasteiger partial charge in [-0.1, -0.05) is 23.4 Å². The molecule has 0 spiro atoms. The third-order valence-corrected chi connectivity index (χ3v) is 4.10. The average Bonchev–Trinajstić information content (AvgIpc) is 2.86. The van der Waals surface area contributed by atoms with Crippen molar-refractivity contribution in [3.63, 3.8) is 0 Å². The summed E-state index contributed by atoms with van der Waals surface area (Å²) in [6, 6.07) is 9.16. The SMILES string of the molecule is COC(C)CS(=O)(=O)Nc1cnnn1-c1ccccc1. The fraction of sp³-hybridized carbons (Fsp3) is 0.333. The second kappa shape index (κ2) is 6.02. The standard InChI is InChI=1S/C12H16N4O3S/c1-10(19-2)9-20(17,18)14-12-8-13-15-16(12)11-6-4-3-5-7-11/h3-8,10,14H,9H2,1-2H3. The van der Waals surface area contributed by atoms with E-state index in [9.17, 15) is 8.42 Å². The summed E-state index contributed by atoms with van der Waals surface area (Å²) in [5.41, 5.74) is 0.725. The Balaban J connectivity index is 2.22. The van der Waals surface area contributed by atoms with Crippen molar-refractivity contribution < 1.29 is 13.2 Å². The number of ether oxygens (including phenoxy) is 1. The van der Waals surface area contributed by atoms with Crippen LogP contribution in [-0.4, -0.2) is 42.4 Å². The first-order chi connectivity index (χ1) is 9.52. The van der Waals surface area contributed by atoms with Gasteiger partial charge in [-0.3, -0.25) is 4.72 Å². The zero-order valence-corrected chi connectivity index (χ0v) is 12.0. The maximum absolute atomic E-state index is 12.0. The predicted molar refractivity (Wildman–Crippen MR) is 75.2 cm³/mol. The summed E-state index contributed by atoms with van der Waals surface area (Å²) in [7, 11) is -2.05. The average molecular weight is 296 g/mol. The van der Waals surface area contributed by atoms with Gasteiger partial charge in [0.25, 0.3) is 0 Å². The Morgan fingerprint density at radius 2 is 2.05 bits per heavy atom. The van der Waals surface area contributed by atoms with Crippen LogP contribution in [0.25, 0.3) is 5.69 Å². The van der Waals surface area contributed by atoms with E-state index < -0.39 is 16.1 Å². The number of para-hydroxylation sites is 1. The molecular formula is C12H16N4O3S. The van der Waals surface area contributed by atoms with Crippen molar-refractivity contribution in [2.45, 2.75) is 13.0 Å². The van der Waals surface area contributed by atoms with Crippen molar-refractivity contribution in [1.82, 2.24) is 15.0 Å². The number of benzene rings is 1. The van der Waals surface area contributed by atoms with Gasteiger partial charge in [-0.2, -0.15) is 4.68 Å². The molecule has 0 amide bonds. The molecule has 20 heavy (non-hydrogen) atoms. The summed E-state index contributed by atoms with van der Waals surface area (Å²) >= 11 is 0. The number of nitrogens with one attached hydrogen (secondary N) is 1. The van der Waals surface area contributed by atoms with Crippen LogP contribution in [0.1, 0.15) is 6.92 Å². The third kappa shape index (κ3) is 3.55. The second-order valence-electron chi connectivity index (χ2n) is 4.30. The van der Waals surface area contributed by atoms with Crippen molar-refractivity contribution in [3.05, 3.63) is 36.5 Å². The van der Waals surface area contributed by atoms with Gasteiger partial charge >= 0.3 is 0 Å². The Kier molecular flexibility index (Phi) is 4.35. The van der Waals surface area contributed by atoms with Crippen molar-refractivity contribution in [2.75, 3.05) is 17.6 Å². The van der Waals surface area contributed by atoms with Gasteiger partial charge in [-0.25, -0.2) is 8.42 Å². The van der Waals surface area contributed by atoms with E-state index in [0.29, 0.717) is 5.82 Å². The van der Waals surface area contributed by atoms with Crippen LogP contribution < -0.4 is 4.72 Å². The van der Waals surface area contributed by atoms with Gasteiger partial charge in [0.15, 0.2) is 5.82 Å². The van der Waals surface area contributed by atoms with E-state index in [1.165, 1.54) is 18.0 Å². The summed E-state index contributed by atoms with van der Waals surface area (Å²) in [5.74, 6) is 0.156. The zero-order chi connectivity index (χ0) is 14.6. The van der Waals surface area contributed by atoms with E-state index >= 15 is 0 Å². The van der Waals surface area contributed by atoms with Gasteiger partial charge in [0, 0.05) is 7.11 Å². The minimum atomic E-state index is -3.52. The highest BCUT2D eigenvalue weighted by Gasteiger charge is 2.18. The maximum atomic E-state index is 12.0. The smallest absolute Gasteiger partial charge is 0.236 e. The van der Waals surface area contributed by atoms with Crippen LogP contribution in [0.3, 0.4) is 0 Å². The molecule has 8 heteroatoms. The Bertz CT molecular complexity index is 654. The molecule has 0 aliphatic rings. The molecule has 1 unspecified atom stereocenters. The van der Waals surface area contributed by atoms with Gasteiger partial charge in [-0.15, -0.1) is 5.10 Å². The van der Waals surface area contributed by atoms with Crippen LogP contribution in [0.15, 0.2) is 36.5 Å². The van der Waals surface area contributed by atoms with Crippen molar-refractivity contribution in [3.8, 4) is 5.69 Å². The lowest BCUT2D eigenvalue weighted by Crippen LogP contribution is -2.26. The molecule has 2 rings (SSSR count). The van der Waals surface area contributed by atoms with Crippen LogP contribution in [0.2, 0.25) is 0 Å². The minimum absolute atomic E-state index is 0.135. The first kappa shape index (κ1) is 14.5. The number of aromatic nitrogens is 3. The molecule has 1 heterocycles. The largest absolute Gasteiger partial charge is 0.381 e. The number of anilines is 1. The number of sulfonamides is 1. The molecule has 7 nitrogen and oxygen atoms in total. The van der Waals surface area contributed by atoms with Crippen LogP contribution in [0.5, 0.6) is 0 Å². The lowest BCUT2D eigenvalue weighted by molar-refractivity contribution is 0.136. The molecular weight excluding hydrogens is 280 g/mol. The highest BCUT2D eigenvalue weighted by Crippen LogP contribution is 2.14. The molecule has 0 aliphatic carbocycles. The molecule has 0 fully saturated rings. The minimum Gasteiger partial charge on any atom is -0.381 e. The van der Waals surface area contributed by atoms with Crippen LogP contribution >= 0.6 is 0 Å². The normalized spacial score (nSPS) is 13.1. The highest BCUT2D eigenvalue weighted by molar-refractivity contribution is 7.92. The van der Waals surface area contributed by atoms with E-state index in [0.717, 1.165) is 5.69 Å². The molecule has 0 radical (unpaired) electrons. The Hall–Kier alpha value is -1.93. The third-order valence-electron chi connectivity index (χ3n) is 2.67. The maximum Gasteiger partial charge on any atom is 0.236 e. The lowest BCUT2D eigenvalue weighted by atomic mass is 10.3. The summed E-state index contributed by atoms with van der Waals surface area (Å²) in [6.07, 6.45) is 0.968. The molecule has 1 atom stereocenters. The molecule has 1 aromatic carbocycles. The fourth-order valence-electron chi connectivity index (χ4n) is 1.64. The number of hydrogen-bond acceptors (Lipinski definition) is 5. The van der Waals surface area contributed by atoms with E-state index in [-0.39, 0.29) is 5.75 Å². The van der Waals surface area contributed by atoms with Crippen molar-refractivity contribution >= 4 is 15.8 Å². The number of methoxy groups -OCH3 is 1. The van der Waals surface area contributed by atoms with E-state index in [2.05, 4.69) is 15.0 Å². The summed E-state index contributed by atoms with van der Waals surface area (Å²) in [4.78, 5) is 0. The molecule has 0 saturated heterocycles. The highest BCUT2D eigenvalue weighted by atomic mass is 32.2. The summed E-state index contributed by atoms with van der Waals surface area (Å²) in [5, 5.41) is 7.62. The Morgan fingerprint density at radius 1 is 1.35 bits per heavy atom. The summed E-state index contributed by atoms with van der Waals surface area (Å²) < 4.78 is 32.8. The number of nitrogens with zero attached hydrogens (tertiary/aromatic N) is 3. The topological polar surface area (TPSA) is 86.1 Å². The molecule has 1 N–H and O–H groups in total. The lowest BCUT2D eigenvalue weighted by Gasteiger charge is -2.12. The summed E-state index contributed by atoms with van der Waals surface area (Å²) in [6.45, 7) is 1.69. The molecule has 0 aliphatic heterocycles. The van der Waals surface area contributed by atoms with Gasteiger partial charge in [-0.05, 0) is 19.1 Å². The fourth-order valence-corrected chi connectivity index (χ4v) is 2.94. The molecule has 2 aromatic rings.